The Hall–Kier alpha value is 0.674. The van der Waals surface area contributed by atoms with E-state index in [1.807, 2.05) is 13.8 Å². The minimum absolute atomic E-state index is 0. The third-order valence-electron chi connectivity index (χ3n) is 2.14. The molecule has 1 radical (unpaired) electrons. The van der Waals surface area contributed by atoms with E-state index in [1.54, 1.807) is 24.3 Å². The van der Waals surface area contributed by atoms with E-state index in [0.717, 1.165) is 23.7 Å². The third kappa shape index (κ3) is 35.7. The van der Waals surface area contributed by atoms with Crippen LogP contribution in [-0.2, 0) is 44.0 Å². The summed E-state index contributed by atoms with van der Waals surface area (Å²) in [7, 11) is 0. The van der Waals surface area contributed by atoms with Crippen LogP contribution in [0.15, 0.2) is 28.7 Å². The summed E-state index contributed by atoms with van der Waals surface area (Å²) in [6.07, 6.45) is 3.23. The first-order chi connectivity index (χ1) is 11.5. The van der Waals surface area contributed by atoms with Gasteiger partial charge in [-0.25, -0.2) is 0 Å². The summed E-state index contributed by atoms with van der Waals surface area (Å²) in [6, 6.07) is 6.88. The van der Waals surface area contributed by atoms with Crippen LogP contribution < -0.4 is 0 Å². The second-order valence-corrected chi connectivity index (χ2v) is 8.21. The van der Waals surface area contributed by atoms with Gasteiger partial charge in [0.05, 0.1) is 0 Å². The van der Waals surface area contributed by atoms with E-state index in [4.69, 9.17) is 5.73 Å². The van der Waals surface area contributed by atoms with Gasteiger partial charge in [-0.2, -0.15) is 0 Å². The molecule has 7 heteroatoms. The molecule has 0 aromatic heterocycles. The molecule has 0 aliphatic rings. The Morgan fingerprint density at radius 3 is 1.77 bits per heavy atom. The quantitative estimate of drug-likeness (QED) is 0.366. The van der Waals surface area contributed by atoms with E-state index in [-0.39, 0.29) is 38.8 Å². The summed E-state index contributed by atoms with van der Waals surface area (Å²) in [6.45, 7) is 16.9. The summed E-state index contributed by atoms with van der Waals surface area (Å²) in [5, 5.41) is 0. The Morgan fingerprint density at radius 2 is 1.54 bits per heavy atom. The van der Waals surface area contributed by atoms with E-state index in [1.165, 1.54) is 0 Å². The SMILES string of the molecule is CC.CC(C)(C)C.CCCC([NH-])CC.O=S([O-])[N-]c1ccc(Br)cc1.[Y]. The van der Waals surface area contributed by atoms with Gasteiger partial charge >= 0.3 is 0 Å². The van der Waals surface area contributed by atoms with Crippen LogP contribution in [0, 0.1) is 5.41 Å². The molecule has 0 spiro atoms. The molecule has 2 unspecified atom stereocenters. The van der Waals surface area contributed by atoms with E-state index in [0.29, 0.717) is 11.1 Å². The summed E-state index contributed by atoms with van der Waals surface area (Å²) in [5.74, 6) is 0. The number of hydrogen-bond acceptors (Lipinski definition) is 2. The first-order valence-electron chi connectivity index (χ1n) is 8.77. The smallest absolute Gasteiger partial charge is 0.0174 e. The average molecular weight is 525 g/mol. The summed E-state index contributed by atoms with van der Waals surface area (Å²) in [4.78, 5) is 0. The number of nitrogens with zero attached hydrogens (tertiary/aromatic N) is 1. The largest absolute Gasteiger partial charge is 0.786 e. The van der Waals surface area contributed by atoms with Crippen LogP contribution in [0.4, 0.5) is 5.69 Å². The Kier molecular flexibility index (Phi) is 28.9. The van der Waals surface area contributed by atoms with Crippen molar-refractivity contribution in [2.24, 2.45) is 5.41 Å². The molecule has 26 heavy (non-hydrogen) atoms. The second kappa shape index (κ2) is 22.0. The zero-order valence-corrected chi connectivity index (χ0v) is 22.9. The van der Waals surface area contributed by atoms with Gasteiger partial charge < -0.3 is 15.0 Å². The predicted molar refractivity (Wildman–Crippen MR) is 116 cm³/mol. The second-order valence-electron chi connectivity index (χ2n) is 6.68. The molecule has 1 rings (SSSR count). The fourth-order valence-corrected chi connectivity index (χ4v) is 1.70. The molecule has 0 aliphatic heterocycles. The first-order valence-corrected chi connectivity index (χ1v) is 10.6. The molecule has 0 saturated carbocycles. The number of hydrogen-bond donors (Lipinski definition) is 0. The zero-order valence-electron chi connectivity index (χ0n) is 17.6. The van der Waals surface area contributed by atoms with Crippen molar-refractivity contribution in [2.75, 3.05) is 0 Å². The van der Waals surface area contributed by atoms with E-state index < -0.39 is 11.3 Å². The van der Waals surface area contributed by atoms with Crippen LogP contribution in [0.2, 0.25) is 0 Å². The number of nitrogens with one attached hydrogen (secondary N) is 1. The van der Waals surface area contributed by atoms with Gasteiger partial charge in [0.25, 0.3) is 0 Å². The Morgan fingerprint density at radius 1 is 1.15 bits per heavy atom. The Bertz CT molecular complexity index is 421. The summed E-state index contributed by atoms with van der Waals surface area (Å²) < 4.78 is 24.3. The maximum atomic E-state index is 10.1. The van der Waals surface area contributed by atoms with Gasteiger partial charge in [-0.3, -0.25) is 4.21 Å². The van der Waals surface area contributed by atoms with Gasteiger partial charge in [0, 0.05) is 37.2 Å². The molecule has 1 aromatic carbocycles. The number of benzene rings is 1. The number of halogens is 1. The predicted octanol–water partition coefficient (Wildman–Crippen LogP) is 7.94. The molecule has 1 aromatic rings. The molecule has 153 valence electrons. The minimum Gasteiger partial charge on any atom is -0.786 e. The first kappa shape index (κ1) is 34.2. The van der Waals surface area contributed by atoms with Crippen LogP contribution in [0.5, 0.6) is 0 Å². The average Bonchev–Trinajstić information content (AvgIpc) is 2.50. The molecule has 0 amide bonds. The fourth-order valence-electron chi connectivity index (χ4n) is 1.14. The molecule has 0 saturated heterocycles. The Labute approximate surface area is 198 Å². The number of rotatable bonds is 5. The summed E-state index contributed by atoms with van der Waals surface area (Å²) in [5.41, 5.74) is 8.15. The van der Waals surface area contributed by atoms with E-state index in [2.05, 4.69) is 62.2 Å². The van der Waals surface area contributed by atoms with E-state index in [9.17, 15) is 8.76 Å². The summed E-state index contributed by atoms with van der Waals surface area (Å²) >= 11 is 0.853. The van der Waals surface area contributed by atoms with Gasteiger partial charge in [-0.15, -0.1) is 23.0 Å². The zero-order chi connectivity index (χ0) is 20.5. The van der Waals surface area contributed by atoms with Crippen LogP contribution in [0.3, 0.4) is 0 Å². The van der Waals surface area contributed by atoms with Gasteiger partial charge in [-0.05, 0) is 17.5 Å². The molecule has 2 atom stereocenters. The normalized spacial score (nSPS) is 11.7. The monoisotopic (exact) mass is 524 g/mol. The van der Waals surface area contributed by atoms with Crippen LogP contribution >= 0.6 is 15.9 Å². The van der Waals surface area contributed by atoms with Gasteiger partial charge in [0.1, 0.15) is 0 Å². The van der Waals surface area contributed by atoms with Crippen molar-refractivity contribution in [3.8, 4) is 0 Å². The van der Waals surface area contributed by atoms with Crippen molar-refractivity contribution >= 4 is 32.9 Å². The van der Waals surface area contributed by atoms with Crippen LogP contribution in [0.25, 0.3) is 10.5 Å². The molecule has 1 N–H and O–H groups in total. The molecule has 0 aliphatic carbocycles. The van der Waals surface area contributed by atoms with Crippen molar-refractivity contribution in [3.63, 3.8) is 0 Å². The molecule has 0 fully saturated rings. The van der Waals surface area contributed by atoms with Crippen molar-refractivity contribution in [1.29, 1.82) is 0 Å². The van der Waals surface area contributed by atoms with Gasteiger partial charge in [-0.1, -0.05) is 103 Å². The minimum atomic E-state index is -2.36. The Balaban J connectivity index is -0.000000141. The molecular weight excluding hydrogens is 489 g/mol. The third-order valence-corrected chi connectivity index (χ3v) is 3.03. The molecule has 4 nitrogen and oxygen atoms in total. The standard InChI is InChI=1S/C6H5BrNO2S.C6H14N.C5H12.C2H6.Y/c7-5-1-3-6(4-2-5)8-11(9)10;1-3-5-6(7)4-2;1-5(2,3)4;1-2;/h1-4H,(H,9,10);6-7H,3-5H2,1-2H3;1-4H3;1-2H3;/q2*-1;;;/p-1. The van der Waals surface area contributed by atoms with Crippen molar-refractivity contribution in [3.05, 3.63) is 39.2 Å². The maximum absolute atomic E-state index is 10.1. The van der Waals surface area contributed by atoms with Crippen molar-refractivity contribution < 1.29 is 41.5 Å². The molecule has 0 bridgehead atoms. The topological polar surface area (TPSA) is 78.0 Å². The van der Waals surface area contributed by atoms with Crippen molar-refractivity contribution in [2.45, 2.75) is 80.7 Å². The molecule has 0 heterocycles. The van der Waals surface area contributed by atoms with Crippen LogP contribution in [-0.4, -0.2) is 14.8 Å². The fraction of sp³-hybridized carbons (Fsp3) is 0.684. The van der Waals surface area contributed by atoms with Crippen LogP contribution in [0.1, 0.15) is 74.7 Å². The van der Waals surface area contributed by atoms with Gasteiger partial charge in [0.15, 0.2) is 0 Å². The van der Waals surface area contributed by atoms with Gasteiger partial charge in [0.2, 0.25) is 0 Å². The van der Waals surface area contributed by atoms with Crippen molar-refractivity contribution in [1.82, 2.24) is 0 Å². The maximum Gasteiger partial charge on any atom is 0.0174 e. The van der Waals surface area contributed by atoms with E-state index >= 15 is 0 Å². The molecular formula is C19H36BrN2O2SY-3.